The molecular formula is C29H29FN4O. The molecule has 35 heavy (non-hydrogen) atoms. The molecular weight excluding hydrogens is 439 g/mol. The molecule has 1 spiro atoms. The van der Waals surface area contributed by atoms with Crippen molar-refractivity contribution in [2.24, 2.45) is 23.7 Å². The Balaban J connectivity index is 1.27. The van der Waals surface area contributed by atoms with Crippen LogP contribution < -0.4 is 10.2 Å². The molecule has 3 saturated carbocycles. The van der Waals surface area contributed by atoms with Crippen LogP contribution in [0.5, 0.6) is 0 Å². The molecule has 2 aromatic carbocycles. The third kappa shape index (κ3) is 3.08. The van der Waals surface area contributed by atoms with Crippen molar-refractivity contribution in [1.29, 1.82) is 0 Å². The summed E-state index contributed by atoms with van der Waals surface area (Å²) in [5, 5.41) is 3.24. The van der Waals surface area contributed by atoms with Crippen molar-refractivity contribution in [2.75, 3.05) is 10.2 Å². The van der Waals surface area contributed by atoms with Gasteiger partial charge in [-0.3, -0.25) is 4.79 Å². The molecule has 3 aliphatic carbocycles. The Hall–Kier alpha value is -3.28. The lowest BCUT2D eigenvalue weighted by Gasteiger charge is -2.25. The molecule has 1 amide bonds. The van der Waals surface area contributed by atoms with Crippen molar-refractivity contribution in [3.63, 3.8) is 0 Å². The lowest BCUT2D eigenvalue weighted by atomic mass is 9.82. The van der Waals surface area contributed by atoms with E-state index in [0.717, 1.165) is 29.1 Å². The van der Waals surface area contributed by atoms with Gasteiger partial charge in [0.15, 0.2) is 0 Å². The summed E-state index contributed by atoms with van der Waals surface area (Å²) in [4.78, 5) is 25.4. The van der Waals surface area contributed by atoms with E-state index in [1.807, 2.05) is 11.1 Å². The first-order chi connectivity index (χ1) is 17.1. The number of nitrogens with zero attached hydrogens (tertiary/aromatic N) is 3. The Labute approximate surface area is 204 Å². The molecule has 2 heterocycles. The van der Waals surface area contributed by atoms with E-state index in [2.05, 4.69) is 41.5 Å². The lowest BCUT2D eigenvalue weighted by Crippen LogP contribution is -2.35. The average molecular weight is 469 g/mol. The van der Waals surface area contributed by atoms with E-state index in [4.69, 9.17) is 4.98 Å². The number of halogens is 1. The maximum atomic E-state index is 13.8. The number of rotatable bonds is 5. The predicted molar refractivity (Wildman–Crippen MR) is 133 cm³/mol. The summed E-state index contributed by atoms with van der Waals surface area (Å²) in [5.41, 5.74) is 4.95. The summed E-state index contributed by atoms with van der Waals surface area (Å²) >= 11 is 0. The number of hydrogen-bond donors (Lipinski definition) is 1. The highest BCUT2D eigenvalue weighted by Gasteiger charge is 2.91. The van der Waals surface area contributed by atoms with Crippen LogP contribution in [0.15, 0.2) is 54.7 Å². The normalized spacial score (nSPS) is 28.7. The van der Waals surface area contributed by atoms with Crippen LogP contribution in [0, 0.1) is 29.5 Å². The van der Waals surface area contributed by atoms with E-state index in [9.17, 15) is 9.18 Å². The summed E-state index contributed by atoms with van der Waals surface area (Å²) in [7, 11) is 0. The Morgan fingerprint density at radius 3 is 2.51 bits per heavy atom. The van der Waals surface area contributed by atoms with Gasteiger partial charge in [0.25, 0.3) is 0 Å². The molecule has 4 aliphatic rings. The van der Waals surface area contributed by atoms with Crippen LogP contribution in [-0.2, 0) is 23.2 Å². The topological polar surface area (TPSA) is 58.1 Å². The minimum absolute atomic E-state index is 0.0220. The number of aromatic nitrogens is 2. The zero-order chi connectivity index (χ0) is 23.7. The minimum Gasteiger partial charge on any atom is -0.324 e. The van der Waals surface area contributed by atoms with Crippen molar-refractivity contribution >= 4 is 23.2 Å². The van der Waals surface area contributed by atoms with Crippen LogP contribution in [0.1, 0.15) is 49.4 Å². The van der Waals surface area contributed by atoms with E-state index < -0.39 is 0 Å². The van der Waals surface area contributed by atoms with Crippen LogP contribution >= 0.6 is 0 Å². The van der Waals surface area contributed by atoms with Gasteiger partial charge in [0.2, 0.25) is 11.9 Å². The van der Waals surface area contributed by atoms with Crippen molar-refractivity contribution in [3.8, 4) is 0 Å². The monoisotopic (exact) mass is 468 g/mol. The lowest BCUT2D eigenvalue weighted by molar-refractivity contribution is -0.121. The Bertz CT molecular complexity index is 1300. The highest BCUT2D eigenvalue weighted by molar-refractivity contribution is 6.02. The highest BCUT2D eigenvalue weighted by atomic mass is 19.1. The first-order valence-electron chi connectivity index (χ1n) is 12.9. The van der Waals surface area contributed by atoms with Crippen molar-refractivity contribution in [1.82, 2.24) is 9.97 Å². The van der Waals surface area contributed by atoms with Gasteiger partial charge in [-0.05, 0) is 66.1 Å². The SMILES string of the molecule is CCc1ccc(N2Cc3cnc(Nc4ccc(F)cc4)nc3C34C(C2=O)[C@H]3C4C2CCCC2)cc1. The summed E-state index contributed by atoms with van der Waals surface area (Å²) in [6.45, 7) is 2.64. The molecule has 0 saturated heterocycles. The van der Waals surface area contributed by atoms with Crippen LogP contribution in [0.4, 0.5) is 21.7 Å². The van der Waals surface area contributed by atoms with Crippen molar-refractivity contribution in [2.45, 2.75) is 51.0 Å². The second-order valence-electron chi connectivity index (χ2n) is 10.7. The van der Waals surface area contributed by atoms with Gasteiger partial charge >= 0.3 is 0 Å². The van der Waals surface area contributed by atoms with Gasteiger partial charge in [-0.25, -0.2) is 14.4 Å². The standard InChI is InChI=1S/C29H29FN4O/c1-2-17-7-13-22(14-8-17)34-16-19-15-31-28(32-21-11-9-20(30)10-12-21)33-26(19)29-23(18-5-3-4-6-18)24(29)25(29)27(34)35/h7-15,18,23-25H,2-6,16H2,1H3,(H,31,32,33)/t23?,24-,25?,29?/m1/s1. The number of anilines is 3. The first kappa shape index (κ1) is 21.0. The van der Waals surface area contributed by atoms with Gasteiger partial charge in [-0.15, -0.1) is 0 Å². The molecule has 3 fully saturated rings. The maximum Gasteiger partial charge on any atom is 0.231 e. The van der Waals surface area contributed by atoms with E-state index >= 15 is 0 Å². The van der Waals surface area contributed by atoms with Crippen LogP contribution in [0.25, 0.3) is 0 Å². The van der Waals surface area contributed by atoms with E-state index in [0.29, 0.717) is 30.2 Å². The number of hydrogen-bond acceptors (Lipinski definition) is 4. The molecule has 1 aliphatic heterocycles. The molecule has 3 unspecified atom stereocenters. The summed E-state index contributed by atoms with van der Waals surface area (Å²) in [6.07, 6.45) is 8.01. The molecule has 5 nitrogen and oxygen atoms in total. The molecule has 3 aromatic rings. The quantitative estimate of drug-likeness (QED) is 0.516. The average Bonchev–Trinajstić information content (AvgIpc) is 3.67. The van der Waals surface area contributed by atoms with Crippen LogP contribution in [0.2, 0.25) is 0 Å². The van der Waals surface area contributed by atoms with Crippen molar-refractivity contribution < 1.29 is 9.18 Å². The number of benzene rings is 2. The van der Waals surface area contributed by atoms with E-state index in [-0.39, 0.29) is 23.1 Å². The molecule has 1 N–H and O–H groups in total. The fraction of sp³-hybridized carbons (Fsp3) is 0.414. The Morgan fingerprint density at radius 1 is 1.06 bits per heavy atom. The zero-order valence-corrected chi connectivity index (χ0v) is 19.9. The van der Waals surface area contributed by atoms with Gasteiger partial charge in [0, 0.05) is 28.6 Å². The largest absolute Gasteiger partial charge is 0.324 e. The fourth-order valence-corrected chi connectivity index (χ4v) is 7.18. The van der Waals surface area contributed by atoms with E-state index in [1.54, 1.807) is 12.1 Å². The number of carbonyl (C=O) groups excluding carboxylic acids is 1. The highest BCUT2D eigenvalue weighted by Crippen LogP contribution is 2.87. The number of nitrogens with one attached hydrogen (secondary N) is 1. The smallest absolute Gasteiger partial charge is 0.231 e. The Kier molecular flexibility index (Phi) is 4.57. The number of fused-ring (bicyclic) bond motifs is 2. The molecule has 4 atom stereocenters. The van der Waals surface area contributed by atoms with Gasteiger partial charge in [0.05, 0.1) is 18.2 Å². The summed E-state index contributed by atoms with van der Waals surface area (Å²) in [5.74, 6) is 2.17. The second-order valence-corrected chi connectivity index (χ2v) is 10.7. The summed E-state index contributed by atoms with van der Waals surface area (Å²) in [6, 6.07) is 14.6. The molecule has 0 radical (unpaired) electrons. The van der Waals surface area contributed by atoms with Crippen LogP contribution in [-0.4, -0.2) is 15.9 Å². The molecule has 1 aromatic heterocycles. The molecule has 6 heteroatoms. The maximum absolute atomic E-state index is 13.8. The summed E-state index contributed by atoms with van der Waals surface area (Å²) < 4.78 is 13.4. The third-order valence-corrected chi connectivity index (χ3v) is 8.95. The van der Waals surface area contributed by atoms with Gasteiger partial charge < -0.3 is 10.2 Å². The minimum atomic E-state index is -0.274. The molecule has 0 bridgehead atoms. The third-order valence-electron chi connectivity index (χ3n) is 8.95. The van der Waals surface area contributed by atoms with Crippen molar-refractivity contribution in [3.05, 3.63) is 77.4 Å². The second kappa shape index (κ2) is 7.61. The Morgan fingerprint density at radius 2 is 1.80 bits per heavy atom. The fourth-order valence-electron chi connectivity index (χ4n) is 7.18. The molecule has 7 rings (SSSR count). The number of carbonyl (C=O) groups is 1. The van der Waals surface area contributed by atoms with Gasteiger partial charge in [-0.2, -0.15) is 0 Å². The molecule has 178 valence electrons. The van der Waals surface area contributed by atoms with Crippen LogP contribution in [0.3, 0.4) is 0 Å². The van der Waals surface area contributed by atoms with E-state index in [1.165, 1.54) is 43.4 Å². The number of aryl methyl sites for hydroxylation is 1. The van der Waals surface area contributed by atoms with Gasteiger partial charge in [-0.1, -0.05) is 44.7 Å². The predicted octanol–water partition coefficient (Wildman–Crippen LogP) is 5.77. The van der Waals surface area contributed by atoms with Gasteiger partial charge in [0.1, 0.15) is 5.82 Å². The first-order valence-corrected chi connectivity index (χ1v) is 12.9. The zero-order valence-electron chi connectivity index (χ0n) is 19.9. The number of amides is 1.